The molecule has 0 radical (unpaired) electrons. The zero-order chi connectivity index (χ0) is 10.7. The smallest absolute Gasteiger partial charge is 0.0372 e. The summed E-state index contributed by atoms with van der Waals surface area (Å²) in [5.41, 5.74) is 4.38. The number of benzene rings is 1. The molecule has 1 aliphatic heterocycles. The van der Waals surface area contributed by atoms with E-state index in [1.165, 1.54) is 42.5 Å². The summed E-state index contributed by atoms with van der Waals surface area (Å²) in [4.78, 5) is 0. The maximum absolute atomic E-state index is 3.45. The highest BCUT2D eigenvalue weighted by molar-refractivity contribution is 5.54. The van der Waals surface area contributed by atoms with Crippen LogP contribution in [0.1, 0.15) is 37.8 Å². The number of hydrogen-bond acceptors (Lipinski definition) is 1. The van der Waals surface area contributed by atoms with Gasteiger partial charge in [-0.1, -0.05) is 26.0 Å². The van der Waals surface area contributed by atoms with Gasteiger partial charge in [-0.15, -0.1) is 0 Å². The number of nitrogens with one attached hydrogen (secondary N) is 1. The van der Waals surface area contributed by atoms with Gasteiger partial charge in [-0.2, -0.15) is 0 Å². The highest BCUT2D eigenvalue weighted by Crippen LogP contribution is 2.23. The molecular formula is C14H21N. The molecule has 0 aromatic heterocycles. The summed E-state index contributed by atoms with van der Waals surface area (Å²) < 4.78 is 0. The zero-order valence-electron chi connectivity index (χ0n) is 9.84. The molecule has 1 heterocycles. The van der Waals surface area contributed by atoms with Crippen molar-refractivity contribution in [2.45, 2.75) is 39.5 Å². The highest BCUT2D eigenvalue weighted by atomic mass is 14.9. The van der Waals surface area contributed by atoms with Gasteiger partial charge in [-0.25, -0.2) is 0 Å². The molecule has 0 atom stereocenters. The summed E-state index contributed by atoms with van der Waals surface area (Å²) in [6.45, 7) is 5.72. The van der Waals surface area contributed by atoms with Gasteiger partial charge in [0, 0.05) is 12.2 Å². The third-order valence-corrected chi connectivity index (χ3v) is 3.12. The molecule has 15 heavy (non-hydrogen) atoms. The molecule has 0 aliphatic carbocycles. The van der Waals surface area contributed by atoms with E-state index in [9.17, 15) is 0 Å². The molecule has 1 aliphatic rings. The van der Waals surface area contributed by atoms with Gasteiger partial charge in [-0.05, 0) is 48.8 Å². The van der Waals surface area contributed by atoms with Gasteiger partial charge in [0.25, 0.3) is 0 Å². The first-order valence-corrected chi connectivity index (χ1v) is 6.11. The molecule has 1 heteroatoms. The van der Waals surface area contributed by atoms with Crippen LogP contribution in [0.5, 0.6) is 0 Å². The van der Waals surface area contributed by atoms with Crippen LogP contribution in [0.15, 0.2) is 18.2 Å². The van der Waals surface area contributed by atoms with Crippen LogP contribution in [0, 0.1) is 5.92 Å². The first kappa shape index (κ1) is 10.5. The second kappa shape index (κ2) is 4.69. The van der Waals surface area contributed by atoms with Crippen LogP contribution < -0.4 is 5.32 Å². The zero-order valence-corrected chi connectivity index (χ0v) is 9.84. The Morgan fingerprint density at radius 2 is 2.20 bits per heavy atom. The Bertz CT molecular complexity index is 328. The lowest BCUT2D eigenvalue weighted by Crippen LogP contribution is -2.11. The fourth-order valence-electron chi connectivity index (χ4n) is 2.14. The van der Waals surface area contributed by atoms with Crippen molar-refractivity contribution in [2.24, 2.45) is 5.92 Å². The van der Waals surface area contributed by atoms with Crippen LogP contribution in [0.3, 0.4) is 0 Å². The lowest BCUT2D eigenvalue weighted by atomic mass is 9.97. The van der Waals surface area contributed by atoms with E-state index in [1.54, 1.807) is 0 Å². The third-order valence-electron chi connectivity index (χ3n) is 3.12. The first-order chi connectivity index (χ1) is 7.25. The van der Waals surface area contributed by atoms with E-state index in [4.69, 9.17) is 0 Å². The number of rotatable bonds is 3. The van der Waals surface area contributed by atoms with Crippen molar-refractivity contribution in [3.63, 3.8) is 0 Å². The fourth-order valence-corrected chi connectivity index (χ4v) is 2.14. The topological polar surface area (TPSA) is 12.0 Å². The lowest BCUT2D eigenvalue weighted by Gasteiger charge is -2.18. The Labute approximate surface area is 92.9 Å². The maximum atomic E-state index is 3.45. The van der Waals surface area contributed by atoms with Crippen molar-refractivity contribution in [2.75, 3.05) is 11.9 Å². The average molecular weight is 203 g/mol. The van der Waals surface area contributed by atoms with E-state index in [1.807, 2.05) is 0 Å². The van der Waals surface area contributed by atoms with Crippen molar-refractivity contribution in [3.05, 3.63) is 29.3 Å². The van der Waals surface area contributed by atoms with Gasteiger partial charge >= 0.3 is 0 Å². The van der Waals surface area contributed by atoms with Crippen LogP contribution in [0.25, 0.3) is 0 Å². The first-order valence-electron chi connectivity index (χ1n) is 6.11. The Balaban J connectivity index is 2.07. The Morgan fingerprint density at radius 1 is 1.33 bits per heavy atom. The molecule has 1 aromatic rings. The number of anilines is 1. The van der Waals surface area contributed by atoms with Crippen LogP contribution in [0.2, 0.25) is 0 Å². The Morgan fingerprint density at radius 3 is 3.00 bits per heavy atom. The van der Waals surface area contributed by atoms with E-state index in [-0.39, 0.29) is 0 Å². The Kier molecular flexibility index (Phi) is 3.30. The largest absolute Gasteiger partial charge is 0.385 e. The van der Waals surface area contributed by atoms with Gasteiger partial charge < -0.3 is 5.32 Å². The number of fused-ring (bicyclic) bond motifs is 1. The summed E-state index contributed by atoms with van der Waals surface area (Å²) in [6, 6.07) is 6.92. The van der Waals surface area contributed by atoms with E-state index < -0.39 is 0 Å². The van der Waals surface area contributed by atoms with Crippen LogP contribution in [0.4, 0.5) is 5.69 Å². The SMILES string of the molecule is CC(C)CCc1ccc2c(c1)CCCN2. The van der Waals surface area contributed by atoms with Crippen molar-refractivity contribution < 1.29 is 0 Å². The number of aryl methyl sites for hydroxylation is 2. The van der Waals surface area contributed by atoms with Gasteiger partial charge in [0.05, 0.1) is 0 Å². The van der Waals surface area contributed by atoms with E-state index >= 15 is 0 Å². The molecule has 1 aromatic carbocycles. The summed E-state index contributed by atoms with van der Waals surface area (Å²) in [5, 5.41) is 3.45. The fraction of sp³-hybridized carbons (Fsp3) is 0.571. The van der Waals surface area contributed by atoms with Gasteiger partial charge in [0.1, 0.15) is 0 Å². The van der Waals surface area contributed by atoms with Crippen molar-refractivity contribution in [1.82, 2.24) is 0 Å². The minimum Gasteiger partial charge on any atom is -0.385 e. The molecule has 2 rings (SSSR count). The Hall–Kier alpha value is -0.980. The monoisotopic (exact) mass is 203 g/mol. The molecule has 1 N–H and O–H groups in total. The predicted octanol–water partition coefficient (Wildman–Crippen LogP) is 3.63. The third kappa shape index (κ3) is 2.74. The molecule has 82 valence electrons. The van der Waals surface area contributed by atoms with Crippen molar-refractivity contribution >= 4 is 5.69 Å². The summed E-state index contributed by atoms with van der Waals surface area (Å²) in [6.07, 6.45) is 5.05. The second-order valence-corrected chi connectivity index (χ2v) is 4.95. The van der Waals surface area contributed by atoms with E-state index in [0.717, 1.165) is 12.5 Å². The van der Waals surface area contributed by atoms with Crippen molar-refractivity contribution in [3.8, 4) is 0 Å². The molecule has 0 fully saturated rings. The van der Waals surface area contributed by atoms with E-state index in [0.29, 0.717) is 0 Å². The molecule has 0 saturated carbocycles. The normalized spacial score (nSPS) is 14.9. The molecule has 0 unspecified atom stereocenters. The van der Waals surface area contributed by atoms with Gasteiger partial charge in [0.15, 0.2) is 0 Å². The van der Waals surface area contributed by atoms with Gasteiger partial charge in [0.2, 0.25) is 0 Å². The molecule has 0 spiro atoms. The van der Waals surface area contributed by atoms with Crippen LogP contribution in [-0.4, -0.2) is 6.54 Å². The molecule has 1 nitrogen and oxygen atoms in total. The molecule has 0 saturated heterocycles. The summed E-state index contributed by atoms with van der Waals surface area (Å²) in [5.74, 6) is 0.805. The lowest BCUT2D eigenvalue weighted by molar-refractivity contribution is 0.586. The maximum Gasteiger partial charge on any atom is 0.0372 e. The van der Waals surface area contributed by atoms with E-state index in [2.05, 4.69) is 37.4 Å². The second-order valence-electron chi connectivity index (χ2n) is 4.95. The molecular weight excluding hydrogens is 182 g/mol. The molecule has 0 amide bonds. The standard InChI is InChI=1S/C14H21N/c1-11(2)5-6-12-7-8-14-13(10-12)4-3-9-15-14/h7-8,10-11,15H,3-6,9H2,1-2H3. The highest BCUT2D eigenvalue weighted by Gasteiger charge is 2.08. The van der Waals surface area contributed by atoms with Crippen LogP contribution in [-0.2, 0) is 12.8 Å². The minimum absolute atomic E-state index is 0.805. The average Bonchev–Trinajstić information content (AvgIpc) is 2.26. The quantitative estimate of drug-likeness (QED) is 0.791. The predicted molar refractivity (Wildman–Crippen MR) is 66.4 cm³/mol. The summed E-state index contributed by atoms with van der Waals surface area (Å²) in [7, 11) is 0. The number of hydrogen-bond donors (Lipinski definition) is 1. The van der Waals surface area contributed by atoms with Crippen molar-refractivity contribution in [1.29, 1.82) is 0 Å². The van der Waals surface area contributed by atoms with Gasteiger partial charge in [-0.3, -0.25) is 0 Å². The van der Waals surface area contributed by atoms with Crippen LogP contribution >= 0.6 is 0 Å². The minimum atomic E-state index is 0.805. The molecule has 0 bridgehead atoms. The summed E-state index contributed by atoms with van der Waals surface area (Å²) >= 11 is 0.